The molecule has 1 aliphatic carbocycles. The van der Waals surface area contributed by atoms with Crippen molar-refractivity contribution in [3.8, 4) is 0 Å². The minimum Gasteiger partial charge on any atom is -0.379 e. The van der Waals surface area contributed by atoms with Crippen molar-refractivity contribution in [3.63, 3.8) is 0 Å². The van der Waals surface area contributed by atoms with Gasteiger partial charge in [-0.25, -0.2) is 4.98 Å². The highest BCUT2D eigenvalue weighted by Crippen LogP contribution is 2.28. The molecular formula is C15H25N3O. The summed E-state index contributed by atoms with van der Waals surface area (Å²) in [5.41, 5.74) is 7.09. The van der Waals surface area contributed by atoms with Crippen molar-refractivity contribution in [1.82, 2.24) is 4.98 Å². The molecule has 0 saturated heterocycles. The number of likely N-dealkylation sites (N-methyl/N-ethyl adjacent to an activating group) is 1. The van der Waals surface area contributed by atoms with E-state index in [1.54, 1.807) is 0 Å². The third-order valence-corrected chi connectivity index (χ3v) is 3.39. The van der Waals surface area contributed by atoms with Crippen LogP contribution in [0.25, 0.3) is 0 Å². The molecule has 1 unspecified atom stereocenters. The number of pyridine rings is 1. The number of ether oxygens (including phenoxy) is 1. The normalized spacial score (nSPS) is 16.4. The Balaban J connectivity index is 1.83. The molecule has 0 spiro atoms. The summed E-state index contributed by atoms with van der Waals surface area (Å²) in [6.45, 7) is 4.58. The lowest BCUT2D eigenvalue weighted by Gasteiger charge is -2.21. The first-order valence-electron chi connectivity index (χ1n) is 7.15. The molecule has 1 heterocycles. The van der Waals surface area contributed by atoms with E-state index in [9.17, 15) is 0 Å². The van der Waals surface area contributed by atoms with E-state index in [1.807, 2.05) is 19.2 Å². The zero-order valence-electron chi connectivity index (χ0n) is 12.0. The van der Waals surface area contributed by atoms with Gasteiger partial charge in [0.2, 0.25) is 0 Å². The van der Waals surface area contributed by atoms with E-state index >= 15 is 0 Å². The van der Waals surface area contributed by atoms with Crippen LogP contribution >= 0.6 is 0 Å². The van der Waals surface area contributed by atoms with E-state index in [0.29, 0.717) is 0 Å². The molecule has 0 aliphatic heterocycles. The van der Waals surface area contributed by atoms with Crippen LogP contribution in [-0.2, 0) is 11.2 Å². The van der Waals surface area contributed by atoms with Gasteiger partial charge in [-0.05, 0) is 43.7 Å². The number of hydrogen-bond acceptors (Lipinski definition) is 4. The van der Waals surface area contributed by atoms with Crippen molar-refractivity contribution < 1.29 is 4.74 Å². The van der Waals surface area contributed by atoms with E-state index < -0.39 is 0 Å². The van der Waals surface area contributed by atoms with Gasteiger partial charge in [0.15, 0.2) is 0 Å². The molecule has 1 aromatic heterocycles. The van der Waals surface area contributed by atoms with Crippen molar-refractivity contribution in [1.29, 1.82) is 0 Å². The standard InChI is InChI=1S/C15H25N3O/c1-12(16)10-14-4-3-7-17-15(14)18(2)8-9-19-11-13-5-6-13/h3-4,7,12-13H,5-6,8-11,16H2,1-2H3. The second-order valence-electron chi connectivity index (χ2n) is 5.61. The second-order valence-corrected chi connectivity index (χ2v) is 5.61. The van der Waals surface area contributed by atoms with Gasteiger partial charge in [0.1, 0.15) is 5.82 Å². The van der Waals surface area contributed by atoms with E-state index in [0.717, 1.165) is 37.9 Å². The molecule has 0 amide bonds. The van der Waals surface area contributed by atoms with Gasteiger partial charge in [0, 0.05) is 32.4 Å². The van der Waals surface area contributed by atoms with Crippen molar-refractivity contribution >= 4 is 5.82 Å². The first kappa shape index (κ1) is 14.3. The summed E-state index contributed by atoms with van der Waals surface area (Å²) in [7, 11) is 2.06. The molecule has 106 valence electrons. The Bertz CT molecular complexity index is 391. The summed E-state index contributed by atoms with van der Waals surface area (Å²) in [6.07, 6.45) is 5.38. The monoisotopic (exact) mass is 263 g/mol. The number of nitrogens with two attached hydrogens (primary N) is 1. The lowest BCUT2D eigenvalue weighted by atomic mass is 10.1. The van der Waals surface area contributed by atoms with Crippen LogP contribution in [0.2, 0.25) is 0 Å². The molecule has 2 rings (SSSR count). The highest BCUT2D eigenvalue weighted by molar-refractivity contribution is 5.46. The number of rotatable bonds is 8. The minimum atomic E-state index is 0.155. The van der Waals surface area contributed by atoms with Gasteiger partial charge in [0.05, 0.1) is 6.61 Å². The molecule has 1 fully saturated rings. The molecule has 0 aromatic carbocycles. The fourth-order valence-electron chi connectivity index (χ4n) is 2.12. The fourth-order valence-corrected chi connectivity index (χ4v) is 2.12. The molecular weight excluding hydrogens is 238 g/mol. The maximum absolute atomic E-state index is 5.88. The number of anilines is 1. The van der Waals surface area contributed by atoms with E-state index in [1.165, 1.54) is 18.4 Å². The summed E-state index contributed by atoms with van der Waals surface area (Å²) in [5.74, 6) is 1.85. The van der Waals surface area contributed by atoms with Crippen LogP contribution in [0.5, 0.6) is 0 Å². The SMILES string of the molecule is CC(N)Cc1cccnc1N(C)CCOCC1CC1. The van der Waals surface area contributed by atoms with Gasteiger partial charge >= 0.3 is 0 Å². The zero-order valence-corrected chi connectivity index (χ0v) is 12.0. The zero-order chi connectivity index (χ0) is 13.7. The summed E-state index contributed by atoms with van der Waals surface area (Å²) in [4.78, 5) is 6.63. The summed E-state index contributed by atoms with van der Waals surface area (Å²) >= 11 is 0. The highest BCUT2D eigenvalue weighted by Gasteiger charge is 2.21. The number of nitrogens with zero attached hydrogens (tertiary/aromatic N) is 2. The van der Waals surface area contributed by atoms with Crippen LogP contribution in [-0.4, -0.2) is 37.8 Å². The quantitative estimate of drug-likeness (QED) is 0.727. The predicted octanol–water partition coefficient (Wildman–Crippen LogP) is 1.83. The molecule has 1 aromatic rings. The Labute approximate surface area is 116 Å². The summed E-state index contributed by atoms with van der Waals surface area (Å²) < 4.78 is 5.68. The van der Waals surface area contributed by atoms with Gasteiger partial charge in [0.25, 0.3) is 0 Å². The Morgan fingerprint density at radius 1 is 1.53 bits per heavy atom. The van der Waals surface area contributed by atoms with Crippen LogP contribution in [0.1, 0.15) is 25.3 Å². The average molecular weight is 263 g/mol. The number of hydrogen-bond donors (Lipinski definition) is 1. The summed E-state index contributed by atoms with van der Waals surface area (Å²) in [6, 6.07) is 4.23. The maximum atomic E-state index is 5.88. The van der Waals surface area contributed by atoms with Crippen LogP contribution in [0.4, 0.5) is 5.82 Å². The van der Waals surface area contributed by atoms with Gasteiger partial charge < -0.3 is 15.4 Å². The van der Waals surface area contributed by atoms with Crippen LogP contribution in [0.15, 0.2) is 18.3 Å². The van der Waals surface area contributed by atoms with E-state index in [-0.39, 0.29) is 6.04 Å². The number of aromatic nitrogens is 1. The lowest BCUT2D eigenvalue weighted by Crippen LogP contribution is -2.26. The van der Waals surface area contributed by atoms with Crippen molar-refractivity contribution in [2.75, 3.05) is 31.7 Å². The van der Waals surface area contributed by atoms with Crippen molar-refractivity contribution in [2.45, 2.75) is 32.2 Å². The lowest BCUT2D eigenvalue weighted by molar-refractivity contribution is 0.130. The fraction of sp³-hybridized carbons (Fsp3) is 0.667. The highest BCUT2D eigenvalue weighted by atomic mass is 16.5. The van der Waals surface area contributed by atoms with Crippen LogP contribution in [0.3, 0.4) is 0 Å². The first-order chi connectivity index (χ1) is 9.16. The molecule has 1 aliphatic rings. The van der Waals surface area contributed by atoms with E-state index in [2.05, 4.69) is 23.0 Å². The third-order valence-electron chi connectivity index (χ3n) is 3.39. The molecule has 1 atom stereocenters. The molecule has 1 saturated carbocycles. The Morgan fingerprint density at radius 3 is 3.00 bits per heavy atom. The largest absolute Gasteiger partial charge is 0.379 e. The van der Waals surface area contributed by atoms with Gasteiger partial charge in [-0.1, -0.05) is 6.07 Å². The molecule has 2 N–H and O–H groups in total. The smallest absolute Gasteiger partial charge is 0.131 e. The molecule has 0 radical (unpaired) electrons. The summed E-state index contributed by atoms with van der Waals surface area (Å²) in [5, 5.41) is 0. The Kier molecular flexibility index (Phi) is 5.16. The van der Waals surface area contributed by atoms with Gasteiger partial charge in [-0.2, -0.15) is 0 Å². The Hall–Kier alpha value is -1.13. The second kappa shape index (κ2) is 6.87. The molecule has 19 heavy (non-hydrogen) atoms. The minimum absolute atomic E-state index is 0.155. The third kappa shape index (κ3) is 4.80. The first-order valence-corrected chi connectivity index (χ1v) is 7.15. The van der Waals surface area contributed by atoms with Crippen molar-refractivity contribution in [3.05, 3.63) is 23.9 Å². The van der Waals surface area contributed by atoms with Gasteiger partial charge in [-0.15, -0.1) is 0 Å². The molecule has 0 bridgehead atoms. The maximum Gasteiger partial charge on any atom is 0.131 e. The average Bonchev–Trinajstić information content (AvgIpc) is 3.18. The van der Waals surface area contributed by atoms with Crippen LogP contribution < -0.4 is 10.6 Å². The van der Waals surface area contributed by atoms with Crippen molar-refractivity contribution in [2.24, 2.45) is 11.7 Å². The molecule has 4 nitrogen and oxygen atoms in total. The predicted molar refractivity (Wildman–Crippen MR) is 78.4 cm³/mol. The topological polar surface area (TPSA) is 51.4 Å². The molecule has 4 heteroatoms. The Morgan fingerprint density at radius 2 is 2.32 bits per heavy atom. The van der Waals surface area contributed by atoms with Gasteiger partial charge in [-0.3, -0.25) is 0 Å². The van der Waals surface area contributed by atoms with Crippen LogP contribution in [0, 0.1) is 5.92 Å². The van der Waals surface area contributed by atoms with E-state index in [4.69, 9.17) is 10.5 Å².